The van der Waals surface area contributed by atoms with Gasteiger partial charge >= 0.3 is 0 Å². The molecule has 2 amide bonds. The van der Waals surface area contributed by atoms with Crippen molar-refractivity contribution in [1.29, 1.82) is 0 Å². The van der Waals surface area contributed by atoms with Crippen LogP contribution in [0.2, 0.25) is 0 Å². The molecule has 4 heteroatoms. The summed E-state index contributed by atoms with van der Waals surface area (Å²) in [6.45, 7) is 1.48. The summed E-state index contributed by atoms with van der Waals surface area (Å²) in [7, 11) is 0. The number of hydrogen-bond acceptors (Lipinski definition) is 2. The first-order valence-electron chi connectivity index (χ1n) is 8.88. The van der Waals surface area contributed by atoms with Crippen molar-refractivity contribution in [3.05, 3.63) is 108 Å². The van der Waals surface area contributed by atoms with Gasteiger partial charge in [-0.25, -0.2) is 0 Å². The zero-order chi connectivity index (χ0) is 19.1. The molecule has 2 N–H and O–H groups in total. The first-order chi connectivity index (χ1) is 13.1. The second kappa shape index (κ2) is 8.81. The van der Waals surface area contributed by atoms with Crippen LogP contribution < -0.4 is 10.6 Å². The number of rotatable bonds is 6. The number of carbonyl (C=O) groups excluding carboxylic acids is 2. The van der Waals surface area contributed by atoms with Crippen molar-refractivity contribution in [2.75, 3.05) is 0 Å². The number of amides is 2. The van der Waals surface area contributed by atoms with Gasteiger partial charge in [-0.2, -0.15) is 0 Å². The predicted molar refractivity (Wildman–Crippen MR) is 106 cm³/mol. The lowest BCUT2D eigenvalue weighted by molar-refractivity contribution is -0.119. The van der Waals surface area contributed by atoms with Crippen molar-refractivity contribution in [3.63, 3.8) is 0 Å². The highest BCUT2D eigenvalue weighted by molar-refractivity contribution is 5.94. The Morgan fingerprint density at radius 2 is 1.04 bits per heavy atom. The maximum absolute atomic E-state index is 12.8. The molecule has 136 valence electrons. The van der Waals surface area contributed by atoms with Crippen LogP contribution in [-0.4, -0.2) is 11.8 Å². The summed E-state index contributed by atoms with van der Waals surface area (Å²) >= 11 is 0. The third-order valence-electron chi connectivity index (χ3n) is 4.33. The molecule has 27 heavy (non-hydrogen) atoms. The van der Waals surface area contributed by atoms with Crippen LogP contribution in [0.3, 0.4) is 0 Å². The van der Waals surface area contributed by atoms with Crippen molar-refractivity contribution in [2.24, 2.45) is 0 Å². The summed E-state index contributed by atoms with van der Waals surface area (Å²) in [4.78, 5) is 24.7. The largest absolute Gasteiger partial charge is 0.347 e. The Bertz CT molecular complexity index is 880. The van der Waals surface area contributed by atoms with Gasteiger partial charge in [-0.1, -0.05) is 78.9 Å². The minimum atomic E-state index is -0.412. The molecule has 0 heterocycles. The van der Waals surface area contributed by atoms with E-state index in [1.807, 2.05) is 78.9 Å². The van der Waals surface area contributed by atoms with Crippen LogP contribution in [0.25, 0.3) is 0 Å². The van der Waals surface area contributed by atoms with E-state index in [-0.39, 0.29) is 11.8 Å². The van der Waals surface area contributed by atoms with E-state index in [9.17, 15) is 9.59 Å². The van der Waals surface area contributed by atoms with E-state index >= 15 is 0 Å². The smallest absolute Gasteiger partial charge is 0.251 e. The summed E-state index contributed by atoms with van der Waals surface area (Å²) in [5, 5.41) is 6.10. The van der Waals surface area contributed by atoms with Crippen LogP contribution in [-0.2, 0) is 4.79 Å². The van der Waals surface area contributed by atoms with Gasteiger partial charge < -0.3 is 10.6 Å². The highest BCUT2D eigenvalue weighted by Crippen LogP contribution is 2.29. The summed E-state index contributed by atoms with van der Waals surface area (Å²) in [5.74, 6) is -0.338. The number of hydrogen-bond donors (Lipinski definition) is 2. The SMILES string of the molecule is CC(=O)N[C@H](c1ccccc1)[C@H](NC(=O)c1ccccc1)c1ccccc1. The molecule has 0 aliphatic heterocycles. The lowest BCUT2D eigenvalue weighted by atomic mass is 9.92. The van der Waals surface area contributed by atoms with Gasteiger partial charge in [-0.15, -0.1) is 0 Å². The molecule has 0 aliphatic carbocycles. The van der Waals surface area contributed by atoms with E-state index in [2.05, 4.69) is 10.6 Å². The Labute approximate surface area is 159 Å². The maximum atomic E-state index is 12.8. The summed E-state index contributed by atoms with van der Waals surface area (Å²) < 4.78 is 0. The molecule has 4 nitrogen and oxygen atoms in total. The average Bonchev–Trinajstić information content (AvgIpc) is 2.72. The normalized spacial score (nSPS) is 12.6. The molecule has 3 rings (SSSR count). The Morgan fingerprint density at radius 1 is 0.630 bits per heavy atom. The second-order valence-corrected chi connectivity index (χ2v) is 6.32. The molecule has 0 aliphatic rings. The van der Waals surface area contributed by atoms with Gasteiger partial charge in [-0.05, 0) is 23.3 Å². The third kappa shape index (κ3) is 4.82. The van der Waals surface area contributed by atoms with Gasteiger partial charge in [0.25, 0.3) is 5.91 Å². The molecule has 0 unspecified atom stereocenters. The van der Waals surface area contributed by atoms with Crippen molar-refractivity contribution in [3.8, 4) is 0 Å². The quantitative estimate of drug-likeness (QED) is 0.699. The van der Waals surface area contributed by atoms with Crippen molar-refractivity contribution < 1.29 is 9.59 Å². The minimum absolute atomic E-state index is 0.154. The Kier molecular flexibility index (Phi) is 6.00. The zero-order valence-electron chi connectivity index (χ0n) is 15.1. The highest BCUT2D eigenvalue weighted by atomic mass is 16.2. The fourth-order valence-electron chi connectivity index (χ4n) is 3.07. The van der Waals surface area contributed by atoms with Gasteiger partial charge in [-0.3, -0.25) is 9.59 Å². The first-order valence-corrected chi connectivity index (χ1v) is 8.88. The molecule has 3 aromatic carbocycles. The van der Waals surface area contributed by atoms with Crippen LogP contribution in [0.15, 0.2) is 91.0 Å². The van der Waals surface area contributed by atoms with Crippen LogP contribution in [0.4, 0.5) is 0 Å². The Morgan fingerprint density at radius 3 is 1.48 bits per heavy atom. The Hall–Kier alpha value is -3.40. The van der Waals surface area contributed by atoms with Gasteiger partial charge in [0, 0.05) is 12.5 Å². The Balaban J connectivity index is 1.99. The first kappa shape index (κ1) is 18.4. The predicted octanol–water partition coefficient (Wildman–Crippen LogP) is 4.04. The average molecular weight is 358 g/mol. The second-order valence-electron chi connectivity index (χ2n) is 6.32. The molecule has 0 fully saturated rings. The van der Waals surface area contributed by atoms with Crippen LogP contribution in [0.5, 0.6) is 0 Å². The molecule has 0 saturated heterocycles. The van der Waals surface area contributed by atoms with Crippen LogP contribution in [0.1, 0.15) is 40.5 Å². The topological polar surface area (TPSA) is 58.2 Å². The van der Waals surface area contributed by atoms with Gasteiger partial charge in [0.15, 0.2) is 0 Å². The van der Waals surface area contributed by atoms with Crippen LogP contribution in [0, 0.1) is 0 Å². The summed E-state index contributed by atoms with van der Waals surface area (Å²) in [5.41, 5.74) is 2.42. The zero-order valence-corrected chi connectivity index (χ0v) is 15.1. The highest BCUT2D eigenvalue weighted by Gasteiger charge is 2.27. The van der Waals surface area contributed by atoms with Crippen molar-refractivity contribution in [2.45, 2.75) is 19.0 Å². The van der Waals surface area contributed by atoms with E-state index in [1.165, 1.54) is 6.92 Å². The number of nitrogens with one attached hydrogen (secondary N) is 2. The fourth-order valence-corrected chi connectivity index (χ4v) is 3.07. The molecule has 0 spiro atoms. The van der Waals surface area contributed by atoms with Gasteiger partial charge in [0.1, 0.15) is 0 Å². The molecule has 2 atom stereocenters. The molecular weight excluding hydrogens is 336 g/mol. The van der Waals surface area contributed by atoms with Crippen LogP contribution >= 0.6 is 0 Å². The van der Waals surface area contributed by atoms with E-state index in [0.717, 1.165) is 11.1 Å². The number of benzene rings is 3. The lowest BCUT2D eigenvalue weighted by Crippen LogP contribution is -2.40. The molecule has 0 aromatic heterocycles. The maximum Gasteiger partial charge on any atom is 0.251 e. The molecular formula is C23H22N2O2. The van der Waals surface area contributed by atoms with E-state index < -0.39 is 12.1 Å². The third-order valence-corrected chi connectivity index (χ3v) is 4.33. The summed E-state index contributed by atoms with van der Waals surface area (Å²) in [6, 6.07) is 27.6. The van der Waals surface area contributed by atoms with E-state index in [0.29, 0.717) is 5.56 Å². The molecule has 0 radical (unpaired) electrons. The lowest BCUT2D eigenvalue weighted by Gasteiger charge is -2.29. The van der Waals surface area contributed by atoms with E-state index in [4.69, 9.17) is 0 Å². The van der Waals surface area contributed by atoms with Gasteiger partial charge in [0.05, 0.1) is 12.1 Å². The molecule has 3 aromatic rings. The van der Waals surface area contributed by atoms with Crippen molar-refractivity contribution in [1.82, 2.24) is 10.6 Å². The minimum Gasteiger partial charge on any atom is -0.347 e. The number of carbonyl (C=O) groups is 2. The standard InChI is InChI=1S/C23H22N2O2/c1-17(26)24-21(18-11-5-2-6-12-18)22(19-13-7-3-8-14-19)25-23(27)20-15-9-4-10-16-20/h2-16,21-22H,1H3,(H,24,26)(H,25,27)/t21-,22-/m1/s1. The van der Waals surface area contributed by atoms with E-state index in [1.54, 1.807) is 12.1 Å². The van der Waals surface area contributed by atoms with Crippen molar-refractivity contribution >= 4 is 11.8 Å². The fraction of sp³-hybridized carbons (Fsp3) is 0.130. The summed E-state index contributed by atoms with van der Waals surface area (Å²) in [6.07, 6.45) is 0. The van der Waals surface area contributed by atoms with Gasteiger partial charge in [0.2, 0.25) is 5.91 Å². The monoisotopic (exact) mass is 358 g/mol. The molecule has 0 bridgehead atoms. The molecule has 0 saturated carbocycles.